The molecule has 22 heavy (non-hydrogen) atoms. The molecule has 0 bridgehead atoms. The van der Waals surface area contributed by atoms with Crippen molar-refractivity contribution in [2.24, 2.45) is 0 Å². The average molecular weight is 317 g/mol. The first-order valence-corrected chi connectivity index (χ1v) is 8.54. The Kier molecular flexibility index (Phi) is 4.67. The molecule has 0 N–H and O–H groups in total. The highest BCUT2D eigenvalue weighted by atomic mass is 32.2. The van der Waals surface area contributed by atoms with Crippen LogP contribution in [-0.2, 0) is 6.61 Å². The lowest BCUT2D eigenvalue weighted by Crippen LogP contribution is -2.02. The minimum absolute atomic E-state index is 0.272. The Hall–Kier alpha value is -1.55. The van der Waals surface area contributed by atoms with Crippen LogP contribution in [-0.4, -0.2) is 10.2 Å². The van der Waals surface area contributed by atoms with Crippen molar-refractivity contribution < 1.29 is 9.13 Å². The molecule has 1 saturated carbocycles. The second kappa shape index (κ2) is 6.69. The van der Waals surface area contributed by atoms with Crippen LogP contribution in [0.15, 0.2) is 41.6 Å². The largest absolute Gasteiger partial charge is 0.486 e. The first kappa shape index (κ1) is 15.3. The zero-order valence-electron chi connectivity index (χ0n) is 12.9. The minimum atomic E-state index is -0.272. The Morgan fingerprint density at radius 2 is 2.14 bits per heavy atom. The maximum atomic E-state index is 14.1. The van der Waals surface area contributed by atoms with Crippen molar-refractivity contribution in [3.8, 4) is 5.75 Å². The van der Waals surface area contributed by atoms with E-state index in [1.165, 1.54) is 12.8 Å². The number of ether oxygens (including phenoxy) is 1. The smallest absolute Gasteiger partial charge is 0.165 e. The molecule has 116 valence electrons. The number of halogens is 1. The number of thioether (sulfide) groups is 1. The maximum Gasteiger partial charge on any atom is 0.165 e. The van der Waals surface area contributed by atoms with Gasteiger partial charge in [0, 0.05) is 17.0 Å². The lowest BCUT2D eigenvalue weighted by molar-refractivity contribution is 0.286. The minimum Gasteiger partial charge on any atom is -0.486 e. The van der Waals surface area contributed by atoms with E-state index in [4.69, 9.17) is 4.74 Å². The first-order valence-electron chi connectivity index (χ1n) is 7.66. The fourth-order valence-corrected chi connectivity index (χ4v) is 3.17. The van der Waals surface area contributed by atoms with Crippen molar-refractivity contribution in [1.82, 2.24) is 4.98 Å². The fraction of sp³-hybridized carbons (Fsp3) is 0.389. The van der Waals surface area contributed by atoms with Crippen molar-refractivity contribution in [3.05, 3.63) is 53.5 Å². The lowest BCUT2D eigenvalue weighted by Gasteiger charge is -2.12. The third kappa shape index (κ3) is 3.80. The molecule has 2 aromatic rings. The summed E-state index contributed by atoms with van der Waals surface area (Å²) >= 11 is 1.69. The molecule has 1 aromatic heterocycles. The van der Waals surface area contributed by atoms with Gasteiger partial charge in [-0.05, 0) is 42.5 Å². The number of hydrogen-bond donors (Lipinski definition) is 0. The van der Waals surface area contributed by atoms with E-state index in [0.29, 0.717) is 23.5 Å². The fourth-order valence-electron chi connectivity index (χ4n) is 2.32. The predicted octanol–water partition coefficient (Wildman–Crippen LogP) is 5.18. The molecule has 0 radical (unpaired) electrons. The summed E-state index contributed by atoms with van der Waals surface area (Å²) in [6.07, 6.45) is 4.12. The topological polar surface area (TPSA) is 22.1 Å². The Bertz CT molecular complexity index is 655. The van der Waals surface area contributed by atoms with Crippen LogP contribution in [0.5, 0.6) is 5.75 Å². The molecule has 0 spiro atoms. The average Bonchev–Trinajstić information content (AvgIpc) is 3.31. The summed E-state index contributed by atoms with van der Waals surface area (Å²) in [5.74, 6) is 0.594. The van der Waals surface area contributed by atoms with Crippen molar-refractivity contribution in [2.45, 2.75) is 49.5 Å². The van der Waals surface area contributed by atoms with Crippen molar-refractivity contribution >= 4 is 11.8 Å². The molecule has 1 fully saturated rings. The summed E-state index contributed by atoms with van der Waals surface area (Å²) in [6, 6.07) is 9.20. The van der Waals surface area contributed by atoms with E-state index in [1.807, 2.05) is 18.2 Å². The zero-order chi connectivity index (χ0) is 15.5. The highest BCUT2D eigenvalue weighted by molar-refractivity contribution is 7.99. The summed E-state index contributed by atoms with van der Waals surface area (Å²) in [4.78, 5) is 4.39. The van der Waals surface area contributed by atoms with E-state index < -0.39 is 0 Å². The Morgan fingerprint density at radius 1 is 1.32 bits per heavy atom. The van der Waals surface area contributed by atoms with Crippen molar-refractivity contribution in [2.75, 3.05) is 0 Å². The summed E-state index contributed by atoms with van der Waals surface area (Å²) in [5, 5.41) is 1.40. The van der Waals surface area contributed by atoms with Crippen molar-refractivity contribution in [1.29, 1.82) is 0 Å². The predicted molar refractivity (Wildman–Crippen MR) is 87.9 cm³/mol. The quantitative estimate of drug-likeness (QED) is 0.686. The normalized spacial score (nSPS) is 14.4. The highest BCUT2D eigenvalue weighted by Crippen LogP contribution is 2.41. The lowest BCUT2D eigenvalue weighted by atomic mass is 10.1. The van der Waals surface area contributed by atoms with Gasteiger partial charge in [0.15, 0.2) is 11.6 Å². The van der Waals surface area contributed by atoms with Gasteiger partial charge < -0.3 is 4.74 Å². The van der Waals surface area contributed by atoms with Gasteiger partial charge in [-0.1, -0.05) is 26.0 Å². The van der Waals surface area contributed by atoms with E-state index in [9.17, 15) is 4.39 Å². The molecule has 4 heteroatoms. The van der Waals surface area contributed by atoms with Gasteiger partial charge >= 0.3 is 0 Å². The first-order chi connectivity index (χ1) is 10.6. The van der Waals surface area contributed by atoms with Crippen LogP contribution in [0.3, 0.4) is 0 Å². The SMILES string of the molecule is CC(C)Sc1ncccc1COc1ccc(C2CC2)cc1F. The molecular formula is C18H20FNOS. The standard InChI is InChI=1S/C18H20FNOS/c1-12(2)22-18-15(4-3-9-20-18)11-21-17-8-7-14(10-16(17)19)13-5-6-13/h3-4,7-10,12-13H,5-6,11H2,1-2H3. The number of nitrogens with zero attached hydrogens (tertiary/aromatic N) is 1. The van der Waals surface area contributed by atoms with E-state index in [1.54, 1.807) is 30.1 Å². The summed E-state index contributed by atoms with van der Waals surface area (Å²) in [6.45, 7) is 4.59. The molecule has 1 heterocycles. The van der Waals surface area contributed by atoms with Gasteiger partial charge in [-0.25, -0.2) is 9.37 Å². The summed E-state index contributed by atoms with van der Waals surface area (Å²) in [7, 11) is 0. The van der Waals surface area contributed by atoms with Gasteiger partial charge in [-0.3, -0.25) is 0 Å². The van der Waals surface area contributed by atoms with Crippen LogP contribution in [0.1, 0.15) is 43.7 Å². The molecule has 0 aliphatic heterocycles. The molecular weight excluding hydrogens is 297 g/mol. The van der Waals surface area contributed by atoms with E-state index in [2.05, 4.69) is 18.8 Å². The van der Waals surface area contributed by atoms with E-state index >= 15 is 0 Å². The second-order valence-electron chi connectivity index (χ2n) is 5.89. The molecule has 0 saturated heterocycles. The van der Waals surface area contributed by atoms with E-state index in [-0.39, 0.29) is 5.82 Å². The highest BCUT2D eigenvalue weighted by Gasteiger charge is 2.24. The van der Waals surface area contributed by atoms with Gasteiger partial charge in [0.05, 0.1) is 0 Å². The Balaban J connectivity index is 1.69. The third-order valence-electron chi connectivity index (χ3n) is 3.59. The van der Waals surface area contributed by atoms with Crippen LogP contribution < -0.4 is 4.74 Å². The number of pyridine rings is 1. The van der Waals surface area contributed by atoms with Gasteiger partial charge in [0.1, 0.15) is 11.6 Å². The van der Waals surface area contributed by atoms with Crippen LogP contribution >= 0.6 is 11.8 Å². The monoisotopic (exact) mass is 317 g/mol. The molecule has 1 aliphatic rings. The summed E-state index contributed by atoms with van der Waals surface area (Å²) < 4.78 is 19.8. The van der Waals surface area contributed by atoms with Gasteiger partial charge in [-0.2, -0.15) is 0 Å². The number of rotatable bonds is 6. The Morgan fingerprint density at radius 3 is 2.82 bits per heavy atom. The van der Waals surface area contributed by atoms with Crippen LogP contribution in [0, 0.1) is 5.82 Å². The molecule has 3 rings (SSSR count). The summed E-state index contributed by atoms with van der Waals surface area (Å²) in [5.41, 5.74) is 2.08. The number of hydrogen-bond acceptors (Lipinski definition) is 3. The Labute approximate surface area is 135 Å². The number of aromatic nitrogens is 1. The second-order valence-corrected chi connectivity index (χ2v) is 7.45. The molecule has 0 amide bonds. The molecule has 1 aliphatic carbocycles. The van der Waals surface area contributed by atoms with Crippen molar-refractivity contribution in [3.63, 3.8) is 0 Å². The molecule has 0 atom stereocenters. The molecule has 0 unspecified atom stereocenters. The molecule has 1 aromatic carbocycles. The van der Waals surface area contributed by atoms with Gasteiger partial charge in [0.25, 0.3) is 0 Å². The van der Waals surface area contributed by atoms with Crippen LogP contribution in [0.25, 0.3) is 0 Å². The van der Waals surface area contributed by atoms with Crippen LogP contribution in [0.2, 0.25) is 0 Å². The molecule has 2 nitrogen and oxygen atoms in total. The van der Waals surface area contributed by atoms with Crippen LogP contribution in [0.4, 0.5) is 4.39 Å². The third-order valence-corrected chi connectivity index (χ3v) is 4.65. The van der Waals surface area contributed by atoms with Gasteiger partial charge in [0.2, 0.25) is 0 Å². The zero-order valence-corrected chi connectivity index (χ0v) is 13.7. The number of benzene rings is 1. The van der Waals surface area contributed by atoms with Gasteiger partial charge in [-0.15, -0.1) is 11.8 Å². The van der Waals surface area contributed by atoms with E-state index in [0.717, 1.165) is 16.2 Å². The maximum absolute atomic E-state index is 14.1.